The molecule has 0 aliphatic carbocycles. The molecule has 3 aromatic rings. The second-order valence-corrected chi connectivity index (χ2v) is 6.80. The van der Waals surface area contributed by atoms with Gasteiger partial charge < -0.3 is 4.74 Å². The minimum Gasteiger partial charge on any atom is -0.465 e. The molecule has 0 aliphatic heterocycles. The van der Waals surface area contributed by atoms with Crippen molar-refractivity contribution in [1.82, 2.24) is 4.98 Å². The van der Waals surface area contributed by atoms with Crippen LogP contribution in [0.25, 0.3) is 11.3 Å². The number of hydrogen-bond donors (Lipinski definition) is 1. The smallest absolute Gasteiger partial charge is 0.337 e. The van der Waals surface area contributed by atoms with Crippen molar-refractivity contribution in [3.8, 4) is 11.3 Å². The number of halogens is 1. The molecule has 25 heavy (non-hydrogen) atoms. The summed E-state index contributed by atoms with van der Waals surface area (Å²) >= 11 is 4.91. The first-order valence-electron chi connectivity index (χ1n) is 7.34. The molecule has 0 bridgehead atoms. The number of aromatic nitrogens is 1. The van der Waals surface area contributed by atoms with Gasteiger partial charge in [0.15, 0.2) is 0 Å². The molecule has 1 N–H and O–H groups in total. The average Bonchev–Trinajstić information content (AvgIpc) is 3.11. The van der Waals surface area contributed by atoms with Crippen molar-refractivity contribution in [2.24, 2.45) is 5.10 Å². The zero-order chi connectivity index (χ0) is 17.6. The number of methoxy groups -OCH3 is 1. The lowest BCUT2D eigenvalue weighted by Crippen LogP contribution is -2.00. The Bertz CT molecular complexity index is 889. The maximum Gasteiger partial charge on any atom is 0.337 e. The number of rotatable bonds is 5. The molecule has 3 rings (SSSR count). The van der Waals surface area contributed by atoms with Gasteiger partial charge in [0.05, 0.1) is 24.6 Å². The highest BCUT2D eigenvalue weighted by molar-refractivity contribution is 9.10. The van der Waals surface area contributed by atoms with Gasteiger partial charge in [-0.1, -0.05) is 40.2 Å². The Morgan fingerprint density at radius 1 is 1.20 bits per heavy atom. The minimum absolute atomic E-state index is 0.357. The van der Waals surface area contributed by atoms with Crippen molar-refractivity contribution in [1.29, 1.82) is 0 Å². The summed E-state index contributed by atoms with van der Waals surface area (Å²) in [6, 6.07) is 15.0. The summed E-state index contributed by atoms with van der Waals surface area (Å²) in [7, 11) is 1.36. The molecular weight excluding hydrogens is 402 g/mol. The summed E-state index contributed by atoms with van der Waals surface area (Å²) in [6.45, 7) is 0. The van der Waals surface area contributed by atoms with E-state index in [2.05, 4.69) is 36.2 Å². The van der Waals surface area contributed by atoms with E-state index in [-0.39, 0.29) is 5.97 Å². The van der Waals surface area contributed by atoms with Crippen LogP contribution < -0.4 is 5.43 Å². The zero-order valence-electron chi connectivity index (χ0n) is 13.3. The number of nitrogens with zero attached hydrogens (tertiary/aromatic N) is 2. The summed E-state index contributed by atoms with van der Waals surface area (Å²) in [5, 5.41) is 6.86. The van der Waals surface area contributed by atoms with Crippen LogP contribution in [0.4, 0.5) is 5.13 Å². The van der Waals surface area contributed by atoms with Crippen LogP contribution >= 0.6 is 27.3 Å². The molecule has 0 amide bonds. The van der Waals surface area contributed by atoms with Gasteiger partial charge in [0.1, 0.15) is 0 Å². The number of benzene rings is 2. The molecule has 0 radical (unpaired) electrons. The second kappa shape index (κ2) is 8.04. The van der Waals surface area contributed by atoms with Crippen molar-refractivity contribution in [3.05, 3.63) is 69.5 Å². The Morgan fingerprint density at radius 2 is 1.92 bits per heavy atom. The topological polar surface area (TPSA) is 63.6 Å². The van der Waals surface area contributed by atoms with Crippen LogP contribution in [0.5, 0.6) is 0 Å². The molecule has 0 fully saturated rings. The molecule has 0 aliphatic rings. The van der Waals surface area contributed by atoms with Gasteiger partial charge in [-0.25, -0.2) is 9.78 Å². The predicted octanol–water partition coefficient (Wildman–Crippen LogP) is 4.81. The summed E-state index contributed by atoms with van der Waals surface area (Å²) in [5.41, 5.74) is 6.24. The third-order valence-corrected chi connectivity index (χ3v) is 4.63. The van der Waals surface area contributed by atoms with E-state index < -0.39 is 0 Å². The number of esters is 1. The van der Waals surface area contributed by atoms with Gasteiger partial charge in [-0.05, 0) is 29.8 Å². The van der Waals surface area contributed by atoms with Crippen LogP contribution in [-0.2, 0) is 4.74 Å². The first-order chi connectivity index (χ1) is 12.2. The monoisotopic (exact) mass is 415 g/mol. The Hall–Kier alpha value is -2.51. The second-order valence-electron chi connectivity index (χ2n) is 5.03. The van der Waals surface area contributed by atoms with E-state index >= 15 is 0 Å². The molecular formula is C18H14BrN3O2S. The fourth-order valence-electron chi connectivity index (χ4n) is 2.06. The number of hydrazone groups is 1. The largest absolute Gasteiger partial charge is 0.465 e. The molecule has 1 heterocycles. The van der Waals surface area contributed by atoms with E-state index in [4.69, 9.17) is 0 Å². The summed E-state index contributed by atoms with van der Waals surface area (Å²) in [4.78, 5) is 15.9. The van der Waals surface area contributed by atoms with Crippen LogP contribution in [0.2, 0.25) is 0 Å². The SMILES string of the molecule is COC(=O)c1ccc(/C=N/Nc2nc(-c3ccc(Br)cc3)cs2)cc1. The first kappa shape index (κ1) is 17.3. The molecule has 2 aromatic carbocycles. The Balaban J connectivity index is 1.63. The third-order valence-electron chi connectivity index (χ3n) is 3.35. The minimum atomic E-state index is -0.357. The van der Waals surface area contributed by atoms with E-state index in [0.717, 1.165) is 21.3 Å². The van der Waals surface area contributed by atoms with E-state index in [1.807, 2.05) is 29.6 Å². The molecule has 0 atom stereocenters. The average molecular weight is 416 g/mol. The number of carbonyl (C=O) groups is 1. The summed E-state index contributed by atoms with van der Waals surface area (Å²) in [5.74, 6) is -0.357. The fraction of sp³-hybridized carbons (Fsp3) is 0.0556. The van der Waals surface area contributed by atoms with E-state index in [9.17, 15) is 4.79 Å². The molecule has 0 saturated carbocycles. The quantitative estimate of drug-likeness (QED) is 0.369. The third kappa shape index (κ3) is 4.52. The van der Waals surface area contributed by atoms with Crippen LogP contribution in [0, 0.1) is 0 Å². The molecule has 5 nitrogen and oxygen atoms in total. The number of carbonyl (C=O) groups excluding carboxylic acids is 1. The highest BCUT2D eigenvalue weighted by Crippen LogP contribution is 2.26. The Kier molecular flexibility index (Phi) is 5.57. The molecule has 0 unspecified atom stereocenters. The maximum absolute atomic E-state index is 11.4. The van der Waals surface area contributed by atoms with Crippen molar-refractivity contribution in [3.63, 3.8) is 0 Å². The van der Waals surface area contributed by atoms with Crippen LogP contribution in [0.3, 0.4) is 0 Å². The van der Waals surface area contributed by atoms with Crippen molar-refractivity contribution in [2.45, 2.75) is 0 Å². The molecule has 7 heteroatoms. The van der Waals surface area contributed by atoms with Crippen LogP contribution in [0.1, 0.15) is 15.9 Å². The highest BCUT2D eigenvalue weighted by atomic mass is 79.9. The van der Waals surface area contributed by atoms with Gasteiger partial charge in [-0.15, -0.1) is 11.3 Å². The van der Waals surface area contributed by atoms with Gasteiger partial charge in [0.25, 0.3) is 0 Å². The number of ether oxygens (including phenoxy) is 1. The molecule has 0 spiro atoms. The predicted molar refractivity (Wildman–Crippen MR) is 104 cm³/mol. The lowest BCUT2D eigenvalue weighted by molar-refractivity contribution is 0.0600. The van der Waals surface area contributed by atoms with Gasteiger partial charge in [-0.2, -0.15) is 5.10 Å². The number of thiazole rings is 1. The lowest BCUT2D eigenvalue weighted by atomic mass is 10.1. The number of nitrogens with one attached hydrogen (secondary N) is 1. The van der Waals surface area contributed by atoms with Crippen molar-refractivity contribution < 1.29 is 9.53 Å². The van der Waals surface area contributed by atoms with Crippen molar-refractivity contribution >= 4 is 44.6 Å². The maximum atomic E-state index is 11.4. The Labute approximate surface area is 157 Å². The van der Waals surface area contributed by atoms with E-state index in [1.165, 1.54) is 18.4 Å². The van der Waals surface area contributed by atoms with Gasteiger partial charge in [0, 0.05) is 15.4 Å². The molecule has 1 aromatic heterocycles. The van der Waals surface area contributed by atoms with E-state index in [1.54, 1.807) is 30.5 Å². The Morgan fingerprint density at radius 3 is 2.60 bits per heavy atom. The standard InChI is InChI=1S/C18H14BrN3O2S/c1-24-17(23)14-4-2-12(3-5-14)10-20-22-18-21-16(11-25-18)13-6-8-15(19)9-7-13/h2-11H,1H3,(H,21,22)/b20-10+. The number of hydrogen-bond acceptors (Lipinski definition) is 6. The van der Waals surface area contributed by atoms with E-state index in [0.29, 0.717) is 10.7 Å². The van der Waals surface area contributed by atoms with Gasteiger partial charge in [0.2, 0.25) is 5.13 Å². The van der Waals surface area contributed by atoms with Gasteiger partial charge >= 0.3 is 5.97 Å². The summed E-state index contributed by atoms with van der Waals surface area (Å²) in [6.07, 6.45) is 1.67. The van der Waals surface area contributed by atoms with Crippen LogP contribution in [-0.4, -0.2) is 24.3 Å². The normalized spacial score (nSPS) is 10.8. The first-order valence-corrected chi connectivity index (χ1v) is 9.02. The fourth-order valence-corrected chi connectivity index (χ4v) is 3.00. The lowest BCUT2D eigenvalue weighted by Gasteiger charge is -1.99. The number of anilines is 1. The molecule has 0 saturated heterocycles. The zero-order valence-corrected chi connectivity index (χ0v) is 15.7. The molecule has 126 valence electrons. The summed E-state index contributed by atoms with van der Waals surface area (Å²) < 4.78 is 5.70. The van der Waals surface area contributed by atoms with Gasteiger partial charge in [-0.3, -0.25) is 5.43 Å². The van der Waals surface area contributed by atoms with Crippen LogP contribution in [0.15, 0.2) is 63.5 Å². The highest BCUT2D eigenvalue weighted by Gasteiger charge is 2.04. The van der Waals surface area contributed by atoms with Crippen molar-refractivity contribution in [2.75, 3.05) is 12.5 Å².